The number of carbonyl (C=O) groups is 1. The lowest BCUT2D eigenvalue weighted by Gasteiger charge is -2.07. The van der Waals surface area contributed by atoms with E-state index in [9.17, 15) is 4.79 Å². The Labute approximate surface area is 112 Å². The highest BCUT2D eigenvalue weighted by Crippen LogP contribution is 2.28. The summed E-state index contributed by atoms with van der Waals surface area (Å²) in [5.74, 6) is 0.492. The second-order valence-electron chi connectivity index (χ2n) is 3.99. The number of hydrogen-bond acceptors (Lipinski definition) is 3. The second kappa shape index (κ2) is 6.05. The zero-order valence-electron chi connectivity index (χ0n) is 11.1. The molecule has 0 atom stereocenters. The van der Waals surface area contributed by atoms with Crippen LogP contribution in [-0.4, -0.2) is 19.7 Å². The molecule has 0 bridgehead atoms. The summed E-state index contributed by atoms with van der Waals surface area (Å²) < 4.78 is 10.2. The van der Waals surface area contributed by atoms with Crippen LogP contribution in [0.15, 0.2) is 42.5 Å². The molecule has 0 N–H and O–H groups in total. The molecule has 0 saturated carbocycles. The highest BCUT2D eigenvalue weighted by atomic mass is 16.5. The summed E-state index contributed by atoms with van der Waals surface area (Å²) in [6, 6.07) is 11.7. The molecule has 0 saturated heterocycles. The summed E-state index contributed by atoms with van der Waals surface area (Å²) in [5.41, 5.74) is 0.962. The molecule has 98 valence electrons. The number of hydrogen-bond donors (Lipinski definition) is 0. The van der Waals surface area contributed by atoms with Gasteiger partial charge in [-0.1, -0.05) is 30.3 Å². The number of methoxy groups -OCH3 is 1. The maximum absolute atomic E-state index is 11.3. The van der Waals surface area contributed by atoms with E-state index < -0.39 is 0 Å². The summed E-state index contributed by atoms with van der Waals surface area (Å²) in [4.78, 5) is 11.3. The SMILES string of the molecule is CCOC(=O)C=Cc1ccc(OC)c2ccccc12. The van der Waals surface area contributed by atoms with Gasteiger partial charge in [-0.2, -0.15) is 0 Å². The van der Waals surface area contributed by atoms with Crippen LogP contribution in [0.25, 0.3) is 16.8 Å². The van der Waals surface area contributed by atoms with E-state index in [1.54, 1.807) is 20.1 Å². The summed E-state index contributed by atoms with van der Waals surface area (Å²) in [5, 5.41) is 2.07. The van der Waals surface area contributed by atoms with Crippen LogP contribution < -0.4 is 4.74 Å². The molecule has 0 fully saturated rings. The Balaban J connectivity index is 2.42. The molecule has 0 spiro atoms. The average Bonchev–Trinajstić information content (AvgIpc) is 2.45. The third kappa shape index (κ3) is 2.94. The molecule has 2 aromatic carbocycles. The van der Waals surface area contributed by atoms with Gasteiger partial charge in [0.25, 0.3) is 0 Å². The molecule has 0 aliphatic heterocycles. The van der Waals surface area contributed by atoms with Gasteiger partial charge in [0.1, 0.15) is 5.75 Å². The van der Waals surface area contributed by atoms with Crippen LogP contribution in [-0.2, 0) is 9.53 Å². The molecule has 0 unspecified atom stereocenters. The van der Waals surface area contributed by atoms with Crippen LogP contribution in [0.5, 0.6) is 5.75 Å². The zero-order valence-corrected chi connectivity index (χ0v) is 11.1. The zero-order chi connectivity index (χ0) is 13.7. The number of esters is 1. The van der Waals surface area contributed by atoms with Crippen molar-refractivity contribution in [2.45, 2.75) is 6.92 Å². The number of fused-ring (bicyclic) bond motifs is 1. The largest absolute Gasteiger partial charge is 0.496 e. The van der Waals surface area contributed by atoms with Gasteiger partial charge in [-0.3, -0.25) is 0 Å². The first-order valence-corrected chi connectivity index (χ1v) is 6.17. The summed E-state index contributed by atoms with van der Waals surface area (Å²) in [7, 11) is 1.65. The van der Waals surface area contributed by atoms with Crippen LogP contribution in [0.3, 0.4) is 0 Å². The van der Waals surface area contributed by atoms with E-state index in [0.29, 0.717) is 6.61 Å². The van der Waals surface area contributed by atoms with E-state index in [1.165, 1.54) is 6.08 Å². The Hall–Kier alpha value is -2.29. The van der Waals surface area contributed by atoms with Gasteiger partial charge in [-0.15, -0.1) is 0 Å². The Bertz CT molecular complexity index is 614. The smallest absolute Gasteiger partial charge is 0.330 e. The van der Waals surface area contributed by atoms with Gasteiger partial charge in [0.15, 0.2) is 0 Å². The molecule has 0 amide bonds. The lowest BCUT2D eigenvalue weighted by molar-refractivity contribution is -0.137. The van der Waals surface area contributed by atoms with Gasteiger partial charge in [-0.25, -0.2) is 4.79 Å². The highest BCUT2D eigenvalue weighted by Gasteiger charge is 2.04. The van der Waals surface area contributed by atoms with Gasteiger partial charge in [0.2, 0.25) is 0 Å². The van der Waals surface area contributed by atoms with Crippen molar-refractivity contribution in [2.24, 2.45) is 0 Å². The first-order valence-electron chi connectivity index (χ1n) is 6.17. The average molecular weight is 256 g/mol. The van der Waals surface area contributed by atoms with Gasteiger partial charge in [0.05, 0.1) is 13.7 Å². The second-order valence-corrected chi connectivity index (χ2v) is 3.99. The van der Waals surface area contributed by atoms with Crippen LogP contribution in [0, 0.1) is 0 Å². The fourth-order valence-corrected chi connectivity index (χ4v) is 1.97. The molecule has 0 aliphatic carbocycles. The Morgan fingerprint density at radius 2 is 1.89 bits per heavy atom. The highest BCUT2D eigenvalue weighted by molar-refractivity contribution is 5.97. The van der Waals surface area contributed by atoms with Crippen LogP contribution in [0.4, 0.5) is 0 Å². The molecule has 3 nitrogen and oxygen atoms in total. The molecular formula is C16H16O3. The number of benzene rings is 2. The molecule has 0 aromatic heterocycles. The fraction of sp³-hybridized carbons (Fsp3) is 0.188. The molecule has 19 heavy (non-hydrogen) atoms. The number of ether oxygens (including phenoxy) is 2. The monoisotopic (exact) mass is 256 g/mol. The fourth-order valence-electron chi connectivity index (χ4n) is 1.97. The molecule has 0 heterocycles. The summed E-state index contributed by atoms with van der Waals surface area (Å²) in [6.45, 7) is 2.17. The number of rotatable bonds is 4. The first-order chi connectivity index (χ1) is 9.26. The van der Waals surface area contributed by atoms with E-state index in [0.717, 1.165) is 22.1 Å². The van der Waals surface area contributed by atoms with E-state index in [1.807, 2.05) is 36.4 Å². The lowest BCUT2D eigenvalue weighted by atomic mass is 10.0. The molecule has 2 rings (SSSR count). The predicted octanol–water partition coefficient (Wildman–Crippen LogP) is 3.42. The van der Waals surface area contributed by atoms with Crippen molar-refractivity contribution < 1.29 is 14.3 Å². The Morgan fingerprint density at radius 3 is 2.58 bits per heavy atom. The third-order valence-corrected chi connectivity index (χ3v) is 2.82. The van der Waals surface area contributed by atoms with E-state index in [4.69, 9.17) is 9.47 Å². The minimum absolute atomic E-state index is 0.331. The van der Waals surface area contributed by atoms with Crippen molar-refractivity contribution in [3.8, 4) is 5.75 Å². The molecular weight excluding hydrogens is 240 g/mol. The maximum Gasteiger partial charge on any atom is 0.330 e. The van der Waals surface area contributed by atoms with Crippen molar-refractivity contribution >= 4 is 22.8 Å². The van der Waals surface area contributed by atoms with Crippen molar-refractivity contribution in [1.82, 2.24) is 0 Å². The maximum atomic E-state index is 11.3. The van der Waals surface area contributed by atoms with Gasteiger partial charge in [-0.05, 0) is 30.0 Å². The van der Waals surface area contributed by atoms with Gasteiger partial charge >= 0.3 is 5.97 Å². The van der Waals surface area contributed by atoms with Gasteiger partial charge in [0, 0.05) is 11.5 Å². The van der Waals surface area contributed by atoms with Crippen LogP contribution in [0.2, 0.25) is 0 Å². The van der Waals surface area contributed by atoms with Crippen molar-refractivity contribution in [3.63, 3.8) is 0 Å². The van der Waals surface area contributed by atoms with Crippen LogP contribution in [0.1, 0.15) is 12.5 Å². The standard InChI is InChI=1S/C16H16O3/c1-3-19-16(17)11-9-12-8-10-15(18-2)14-7-5-4-6-13(12)14/h4-11H,3H2,1-2H3. The normalized spacial score (nSPS) is 10.8. The van der Waals surface area contributed by atoms with E-state index in [-0.39, 0.29) is 5.97 Å². The van der Waals surface area contributed by atoms with Crippen molar-refractivity contribution in [1.29, 1.82) is 0 Å². The number of carbonyl (C=O) groups excluding carboxylic acids is 1. The third-order valence-electron chi connectivity index (χ3n) is 2.82. The van der Waals surface area contributed by atoms with Crippen LogP contribution >= 0.6 is 0 Å². The quantitative estimate of drug-likeness (QED) is 0.621. The van der Waals surface area contributed by atoms with E-state index in [2.05, 4.69) is 0 Å². The topological polar surface area (TPSA) is 35.5 Å². The minimum Gasteiger partial charge on any atom is -0.496 e. The molecule has 0 aliphatic rings. The van der Waals surface area contributed by atoms with Gasteiger partial charge < -0.3 is 9.47 Å². The Morgan fingerprint density at radius 1 is 1.16 bits per heavy atom. The molecule has 0 radical (unpaired) electrons. The first kappa shape index (κ1) is 13.1. The minimum atomic E-state index is -0.331. The summed E-state index contributed by atoms with van der Waals surface area (Å²) in [6.07, 6.45) is 3.21. The molecule has 3 heteroatoms. The Kier molecular flexibility index (Phi) is 4.18. The van der Waals surface area contributed by atoms with Crippen molar-refractivity contribution in [2.75, 3.05) is 13.7 Å². The van der Waals surface area contributed by atoms with E-state index >= 15 is 0 Å². The summed E-state index contributed by atoms with van der Waals surface area (Å²) >= 11 is 0. The molecule has 2 aromatic rings. The predicted molar refractivity (Wildman–Crippen MR) is 76.2 cm³/mol. The lowest BCUT2D eigenvalue weighted by Crippen LogP contribution is -1.98. The van der Waals surface area contributed by atoms with Crippen molar-refractivity contribution in [3.05, 3.63) is 48.0 Å².